The second-order valence-electron chi connectivity index (χ2n) is 7.80. The highest BCUT2D eigenvalue weighted by Gasteiger charge is 2.46. The smallest absolute Gasteiger partial charge is 0.0529 e. The lowest BCUT2D eigenvalue weighted by Gasteiger charge is -2.52. The molecule has 4 rings (SSSR count). The van der Waals surface area contributed by atoms with Crippen molar-refractivity contribution in [3.63, 3.8) is 0 Å². The van der Waals surface area contributed by atoms with Crippen molar-refractivity contribution in [1.29, 1.82) is 0 Å². The summed E-state index contributed by atoms with van der Waals surface area (Å²) >= 11 is 0. The van der Waals surface area contributed by atoms with Gasteiger partial charge in [0, 0.05) is 12.0 Å². The van der Waals surface area contributed by atoms with Gasteiger partial charge in [-0.25, -0.2) is 0 Å². The Hall–Kier alpha value is -1.86. The Morgan fingerprint density at radius 2 is 1.68 bits per heavy atom. The Labute approximate surface area is 152 Å². The fourth-order valence-electron chi connectivity index (χ4n) is 5.32. The molecule has 1 saturated heterocycles. The molecule has 1 aliphatic heterocycles. The molecule has 1 saturated carbocycles. The summed E-state index contributed by atoms with van der Waals surface area (Å²) in [4.78, 5) is 2.67. The summed E-state index contributed by atoms with van der Waals surface area (Å²) in [6.07, 6.45) is 8.91. The standard InChI is InChI=1S/C24H29N/c1-2-23(20-11-5-3-6-12-20)25-18-17-24(21-13-7-4-8-14-21)16-10-9-15-22(24)19-25/h2-8,11-14,22-23H,1,9-10,15-19H2/t22-,23?,24+/m0/s1. The highest BCUT2D eigenvalue weighted by molar-refractivity contribution is 5.29. The van der Waals surface area contributed by atoms with Crippen LogP contribution in [0.2, 0.25) is 0 Å². The number of benzene rings is 2. The number of piperidine rings is 1. The molecule has 130 valence electrons. The summed E-state index contributed by atoms with van der Waals surface area (Å²) in [5.74, 6) is 0.767. The first kappa shape index (κ1) is 16.6. The molecular weight excluding hydrogens is 302 g/mol. The molecular formula is C24H29N. The van der Waals surface area contributed by atoms with E-state index in [-0.39, 0.29) is 0 Å². The average molecular weight is 332 g/mol. The van der Waals surface area contributed by atoms with Gasteiger partial charge >= 0.3 is 0 Å². The van der Waals surface area contributed by atoms with Crippen LogP contribution in [0.5, 0.6) is 0 Å². The molecule has 0 amide bonds. The third-order valence-electron chi connectivity index (χ3n) is 6.61. The third kappa shape index (κ3) is 3.06. The molecule has 0 aromatic heterocycles. The molecule has 1 aliphatic carbocycles. The first-order valence-electron chi connectivity index (χ1n) is 9.80. The van der Waals surface area contributed by atoms with E-state index < -0.39 is 0 Å². The molecule has 0 spiro atoms. The summed E-state index contributed by atoms with van der Waals surface area (Å²) in [5.41, 5.74) is 3.35. The number of likely N-dealkylation sites (tertiary alicyclic amines) is 1. The van der Waals surface area contributed by atoms with Crippen LogP contribution in [0.25, 0.3) is 0 Å². The van der Waals surface area contributed by atoms with E-state index >= 15 is 0 Å². The summed E-state index contributed by atoms with van der Waals surface area (Å²) in [5, 5.41) is 0. The van der Waals surface area contributed by atoms with Gasteiger partial charge in [0.25, 0.3) is 0 Å². The van der Waals surface area contributed by atoms with Gasteiger partial charge in [0.2, 0.25) is 0 Å². The van der Waals surface area contributed by atoms with Crippen molar-refractivity contribution in [2.45, 2.75) is 43.6 Å². The fourth-order valence-corrected chi connectivity index (χ4v) is 5.32. The topological polar surface area (TPSA) is 3.24 Å². The molecule has 1 heterocycles. The summed E-state index contributed by atoms with van der Waals surface area (Å²) in [6.45, 7) is 6.51. The molecule has 3 atom stereocenters. The zero-order chi connectivity index (χ0) is 17.1. The SMILES string of the molecule is C=CC(c1ccccc1)N1CC[C@@]2(c3ccccc3)CCCC[C@H]2C1. The van der Waals surface area contributed by atoms with Gasteiger partial charge in [0.1, 0.15) is 0 Å². The van der Waals surface area contributed by atoms with Crippen molar-refractivity contribution >= 4 is 0 Å². The number of fused-ring (bicyclic) bond motifs is 1. The minimum atomic E-state index is 0.344. The lowest BCUT2D eigenvalue weighted by molar-refractivity contribution is 0.0419. The van der Waals surface area contributed by atoms with E-state index in [2.05, 4.69) is 78.2 Å². The van der Waals surface area contributed by atoms with Gasteiger partial charge < -0.3 is 0 Å². The Bertz CT molecular complexity index is 693. The van der Waals surface area contributed by atoms with Gasteiger partial charge in [0.05, 0.1) is 6.04 Å². The quantitative estimate of drug-likeness (QED) is 0.645. The van der Waals surface area contributed by atoms with Crippen molar-refractivity contribution in [3.05, 3.63) is 84.4 Å². The van der Waals surface area contributed by atoms with Crippen LogP contribution in [0.1, 0.15) is 49.3 Å². The largest absolute Gasteiger partial charge is 0.293 e. The molecule has 0 N–H and O–H groups in total. The zero-order valence-corrected chi connectivity index (χ0v) is 15.1. The predicted molar refractivity (Wildman–Crippen MR) is 106 cm³/mol. The van der Waals surface area contributed by atoms with Crippen LogP contribution in [0.3, 0.4) is 0 Å². The van der Waals surface area contributed by atoms with E-state index in [1.165, 1.54) is 44.2 Å². The van der Waals surface area contributed by atoms with Crippen LogP contribution in [0, 0.1) is 5.92 Å². The van der Waals surface area contributed by atoms with Crippen LogP contribution < -0.4 is 0 Å². The van der Waals surface area contributed by atoms with Crippen molar-refractivity contribution < 1.29 is 0 Å². The summed E-state index contributed by atoms with van der Waals surface area (Å²) < 4.78 is 0. The van der Waals surface area contributed by atoms with E-state index in [0.717, 1.165) is 12.5 Å². The van der Waals surface area contributed by atoms with Crippen LogP contribution in [0.15, 0.2) is 73.3 Å². The molecule has 25 heavy (non-hydrogen) atoms. The molecule has 2 aromatic rings. The van der Waals surface area contributed by atoms with Crippen LogP contribution in [0.4, 0.5) is 0 Å². The van der Waals surface area contributed by atoms with Crippen LogP contribution in [-0.2, 0) is 5.41 Å². The Kier molecular flexibility index (Phi) is 4.76. The van der Waals surface area contributed by atoms with Crippen molar-refractivity contribution in [3.8, 4) is 0 Å². The molecule has 0 radical (unpaired) electrons. The Morgan fingerprint density at radius 3 is 2.40 bits per heavy atom. The van der Waals surface area contributed by atoms with E-state index in [1.54, 1.807) is 5.56 Å². The minimum absolute atomic E-state index is 0.344. The van der Waals surface area contributed by atoms with E-state index in [0.29, 0.717) is 11.5 Å². The Morgan fingerprint density at radius 1 is 0.960 bits per heavy atom. The maximum atomic E-state index is 4.15. The second-order valence-corrected chi connectivity index (χ2v) is 7.80. The zero-order valence-electron chi connectivity index (χ0n) is 15.1. The normalized spacial score (nSPS) is 28.1. The minimum Gasteiger partial charge on any atom is -0.293 e. The third-order valence-corrected chi connectivity index (χ3v) is 6.61. The molecule has 1 nitrogen and oxygen atoms in total. The molecule has 1 unspecified atom stereocenters. The van der Waals surface area contributed by atoms with Crippen molar-refractivity contribution in [2.24, 2.45) is 5.92 Å². The highest BCUT2D eigenvalue weighted by Crippen LogP contribution is 2.50. The monoisotopic (exact) mass is 331 g/mol. The first-order chi connectivity index (χ1) is 12.3. The van der Waals surface area contributed by atoms with Gasteiger partial charge in [-0.15, -0.1) is 6.58 Å². The highest BCUT2D eigenvalue weighted by atomic mass is 15.2. The van der Waals surface area contributed by atoms with Gasteiger partial charge in [-0.1, -0.05) is 79.6 Å². The maximum absolute atomic E-state index is 4.15. The first-order valence-corrected chi connectivity index (χ1v) is 9.80. The van der Waals surface area contributed by atoms with E-state index in [9.17, 15) is 0 Å². The number of hydrogen-bond acceptors (Lipinski definition) is 1. The molecule has 1 heteroatoms. The van der Waals surface area contributed by atoms with Crippen LogP contribution >= 0.6 is 0 Å². The average Bonchev–Trinajstić information content (AvgIpc) is 2.70. The molecule has 2 fully saturated rings. The summed E-state index contributed by atoms with van der Waals surface area (Å²) in [7, 11) is 0. The Balaban J connectivity index is 1.60. The van der Waals surface area contributed by atoms with E-state index in [1.807, 2.05) is 0 Å². The summed E-state index contributed by atoms with van der Waals surface area (Å²) in [6, 6.07) is 22.5. The number of rotatable bonds is 4. The fraction of sp³-hybridized carbons (Fsp3) is 0.417. The number of hydrogen-bond donors (Lipinski definition) is 0. The lowest BCUT2D eigenvalue weighted by Crippen LogP contribution is -2.52. The van der Waals surface area contributed by atoms with Crippen molar-refractivity contribution in [1.82, 2.24) is 4.90 Å². The van der Waals surface area contributed by atoms with Crippen molar-refractivity contribution in [2.75, 3.05) is 13.1 Å². The van der Waals surface area contributed by atoms with Gasteiger partial charge in [-0.2, -0.15) is 0 Å². The maximum Gasteiger partial charge on any atom is 0.0529 e. The van der Waals surface area contributed by atoms with Gasteiger partial charge in [-0.05, 0) is 42.9 Å². The number of nitrogens with zero attached hydrogens (tertiary/aromatic N) is 1. The van der Waals surface area contributed by atoms with Gasteiger partial charge in [0.15, 0.2) is 0 Å². The molecule has 0 bridgehead atoms. The predicted octanol–water partition coefficient (Wildman–Crippen LogP) is 5.75. The van der Waals surface area contributed by atoms with Crippen LogP contribution in [-0.4, -0.2) is 18.0 Å². The van der Waals surface area contributed by atoms with Gasteiger partial charge in [-0.3, -0.25) is 4.90 Å². The lowest BCUT2D eigenvalue weighted by atomic mass is 9.59. The second kappa shape index (κ2) is 7.17. The van der Waals surface area contributed by atoms with E-state index in [4.69, 9.17) is 0 Å². The molecule has 2 aromatic carbocycles. The molecule has 2 aliphatic rings.